The van der Waals surface area contributed by atoms with E-state index in [4.69, 9.17) is 16.3 Å². The average molecular weight is 361 g/mol. The van der Waals surface area contributed by atoms with Gasteiger partial charge in [0.25, 0.3) is 0 Å². The van der Waals surface area contributed by atoms with Gasteiger partial charge in [0, 0.05) is 29.4 Å². The molecule has 0 aliphatic rings. The molecular formula is C20H25ClN2O2. The quantitative estimate of drug-likeness (QED) is 0.743. The van der Waals surface area contributed by atoms with Crippen LogP contribution in [0.5, 0.6) is 5.75 Å². The van der Waals surface area contributed by atoms with Gasteiger partial charge in [0.15, 0.2) is 0 Å². The van der Waals surface area contributed by atoms with Crippen LogP contribution in [-0.4, -0.2) is 38.1 Å². The van der Waals surface area contributed by atoms with Gasteiger partial charge in [-0.2, -0.15) is 0 Å². The molecule has 0 saturated heterocycles. The molecule has 2 aromatic rings. The second kappa shape index (κ2) is 8.88. The highest BCUT2D eigenvalue weighted by Gasteiger charge is 2.18. The van der Waals surface area contributed by atoms with E-state index >= 15 is 0 Å². The Hall–Kier alpha value is -2.04. The number of hydrogen-bond acceptors (Lipinski definition) is 3. The summed E-state index contributed by atoms with van der Waals surface area (Å²) < 4.78 is 5.38. The number of benzene rings is 2. The smallest absolute Gasteiger partial charge is 0.241 e. The number of amides is 1. The lowest BCUT2D eigenvalue weighted by Gasteiger charge is -2.26. The van der Waals surface area contributed by atoms with Crippen LogP contribution in [0.25, 0.3) is 0 Å². The highest BCUT2D eigenvalue weighted by Crippen LogP contribution is 2.24. The predicted octanol–water partition coefficient (Wildman–Crippen LogP) is 4.14. The van der Waals surface area contributed by atoms with Crippen molar-refractivity contribution in [2.45, 2.75) is 20.4 Å². The van der Waals surface area contributed by atoms with Gasteiger partial charge in [-0.15, -0.1) is 0 Å². The number of likely N-dealkylation sites (N-methyl/N-ethyl adjacent to an activating group) is 2. The van der Waals surface area contributed by atoms with Gasteiger partial charge in [0.2, 0.25) is 5.91 Å². The zero-order valence-electron chi connectivity index (χ0n) is 15.3. The SMILES string of the molecule is CCN(C(=O)CN(C)Cc1cc(Cl)ccc1OC)c1ccccc1C. The van der Waals surface area contributed by atoms with Crippen molar-refractivity contribution in [3.63, 3.8) is 0 Å². The maximum absolute atomic E-state index is 12.8. The van der Waals surface area contributed by atoms with E-state index in [1.54, 1.807) is 13.2 Å². The predicted molar refractivity (Wildman–Crippen MR) is 104 cm³/mol. The number of aryl methyl sites for hydroxylation is 1. The lowest BCUT2D eigenvalue weighted by atomic mass is 10.1. The van der Waals surface area contributed by atoms with Gasteiger partial charge < -0.3 is 9.64 Å². The topological polar surface area (TPSA) is 32.8 Å². The molecule has 0 aromatic heterocycles. The highest BCUT2D eigenvalue weighted by atomic mass is 35.5. The molecule has 2 aromatic carbocycles. The number of carbonyl (C=O) groups excluding carboxylic acids is 1. The molecule has 0 N–H and O–H groups in total. The van der Waals surface area contributed by atoms with Gasteiger partial charge in [-0.25, -0.2) is 0 Å². The van der Waals surface area contributed by atoms with Crippen molar-refractivity contribution in [3.05, 3.63) is 58.6 Å². The minimum absolute atomic E-state index is 0.0697. The van der Waals surface area contributed by atoms with Crippen LogP contribution in [0.15, 0.2) is 42.5 Å². The molecule has 5 heteroatoms. The fourth-order valence-corrected chi connectivity index (χ4v) is 3.08. The molecule has 0 aliphatic carbocycles. The van der Waals surface area contributed by atoms with E-state index in [2.05, 4.69) is 0 Å². The summed E-state index contributed by atoms with van der Waals surface area (Å²) >= 11 is 6.08. The summed E-state index contributed by atoms with van der Waals surface area (Å²) in [6, 6.07) is 13.5. The van der Waals surface area contributed by atoms with Crippen LogP contribution in [-0.2, 0) is 11.3 Å². The normalized spacial score (nSPS) is 10.8. The molecular weight excluding hydrogens is 336 g/mol. The van der Waals surface area contributed by atoms with Crippen molar-refractivity contribution in [3.8, 4) is 5.75 Å². The van der Waals surface area contributed by atoms with Crippen molar-refractivity contribution in [2.75, 3.05) is 32.1 Å². The fourth-order valence-electron chi connectivity index (χ4n) is 2.88. The van der Waals surface area contributed by atoms with Crippen molar-refractivity contribution < 1.29 is 9.53 Å². The largest absolute Gasteiger partial charge is 0.496 e. The number of rotatable bonds is 7. The Kier molecular flexibility index (Phi) is 6.85. The summed E-state index contributed by atoms with van der Waals surface area (Å²) in [6.07, 6.45) is 0. The fraction of sp³-hybridized carbons (Fsp3) is 0.350. The van der Waals surface area contributed by atoms with E-state index in [9.17, 15) is 4.79 Å². The van der Waals surface area contributed by atoms with E-state index in [0.29, 0.717) is 24.7 Å². The average Bonchev–Trinajstić information content (AvgIpc) is 2.57. The molecule has 0 heterocycles. The Morgan fingerprint density at radius 2 is 1.92 bits per heavy atom. The Morgan fingerprint density at radius 3 is 2.56 bits per heavy atom. The van der Waals surface area contributed by atoms with E-state index in [0.717, 1.165) is 22.6 Å². The van der Waals surface area contributed by atoms with Crippen molar-refractivity contribution in [2.24, 2.45) is 0 Å². The summed E-state index contributed by atoms with van der Waals surface area (Å²) in [6.45, 7) is 5.55. The second-order valence-electron chi connectivity index (χ2n) is 6.05. The van der Waals surface area contributed by atoms with Gasteiger partial charge >= 0.3 is 0 Å². The van der Waals surface area contributed by atoms with E-state index in [1.807, 2.05) is 67.1 Å². The summed E-state index contributed by atoms with van der Waals surface area (Å²) in [4.78, 5) is 16.6. The molecule has 0 aliphatic heterocycles. The summed E-state index contributed by atoms with van der Waals surface area (Å²) in [5.74, 6) is 0.843. The monoisotopic (exact) mass is 360 g/mol. The standard InChI is InChI=1S/C20H25ClN2O2/c1-5-23(18-9-7-6-8-15(18)2)20(24)14-22(3)13-16-12-17(21)10-11-19(16)25-4/h6-12H,5,13-14H2,1-4H3. The lowest BCUT2D eigenvalue weighted by molar-refractivity contribution is -0.119. The molecule has 2 rings (SSSR count). The minimum atomic E-state index is 0.0697. The lowest BCUT2D eigenvalue weighted by Crippen LogP contribution is -2.39. The first kappa shape index (κ1) is 19.3. The van der Waals surface area contributed by atoms with Gasteiger partial charge in [0.05, 0.1) is 13.7 Å². The zero-order chi connectivity index (χ0) is 18.4. The Morgan fingerprint density at radius 1 is 1.20 bits per heavy atom. The molecule has 0 bridgehead atoms. The van der Waals surface area contributed by atoms with Crippen LogP contribution in [0.3, 0.4) is 0 Å². The third-order valence-corrected chi connectivity index (χ3v) is 4.35. The number of halogens is 1. The van der Waals surface area contributed by atoms with Crippen LogP contribution in [0, 0.1) is 6.92 Å². The van der Waals surface area contributed by atoms with Crippen LogP contribution >= 0.6 is 11.6 Å². The van der Waals surface area contributed by atoms with Crippen LogP contribution in [0.1, 0.15) is 18.1 Å². The number of hydrogen-bond donors (Lipinski definition) is 0. The number of ether oxygens (including phenoxy) is 1. The first-order valence-electron chi connectivity index (χ1n) is 8.33. The van der Waals surface area contributed by atoms with Crippen LogP contribution in [0.4, 0.5) is 5.69 Å². The highest BCUT2D eigenvalue weighted by molar-refractivity contribution is 6.30. The summed E-state index contributed by atoms with van der Waals surface area (Å²) in [5.41, 5.74) is 3.02. The number of nitrogens with zero attached hydrogens (tertiary/aromatic N) is 2. The third-order valence-electron chi connectivity index (χ3n) is 4.11. The Bertz CT molecular complexity index is 733. The van der Waals surface area contributed by atoms with Crippen molar-refractivity contribution >= 4 is 23.2 Å². The van der Waals surface area contributed by atoms with Gasteiger partial charge in [0.1, 0.15) is 5.75 Å². The number of methoxy groups -OCH3 is 1. The Balaban J connectivity index is 2.09. The van der Waals surface area contributed by atoms with Crippen molar-refractivity contribution in [1.29, 1.82) is 0 Å². The molecule has 0 unspecified atom stereocenters. The third kappa shape index (κ3) is 4.97. The van der Waals surface area contributed by atoms with Gasteiger partial charge in [-0.1, -0.05) is 29.8 Å². The Labute approximate surface area is 155 Å². The van der Waals surface area contributed by atoms with Crippen LogP contribution in [0.2, 0.25) is 5.02 Å². The molecule has 0 radical (unpaired) electrons. The minimum Gasteiger partial charge on any atom is -0.496 e. The zero-order valence-corrected chi connectivity index (χ0v) is 16.0. The van der Waals surface area contributed by atoms with Gasteiger partial charge in [-0.05, 0) is 50.7 Å². The molecule has 0 spiro atoms. The maximum Gasteiger partial charge on any atom is 0.241 e. The molecule has 0 fully saturated rings. The summed E-state index contributed by atoms with van der Waals surface area (Å²) in [5, 5.41) is 0.658. The molecule has 0 atom stereocenters. The van der Waals surface area contributed by atoms with Crippen LogP contribution < -0.4 is 9.64 Å². The molecule has 134 valence electrons. The first-order valence-corrected chi connectivity index (χ1v) is 8.71. The molecule has 0 saturated carbocycles. The molecule has 25 heavy (non-hydrogen) atoms. The number of anilines is 1. The van der Waals surface area contributed by atoms with Crippen molar-refractivity contribution in [1.82, 2.24) is 4.90 Å². The number of para-hydroxylation sites is 1. The van der Waals surface area contributed by atoms with E-state index < -0.39 is 0 Å². The number of carbonyl (C=O) groups is 1. The summed E-state index contributed by atoms with van der Waals surface area (Å²) in [7, 11) is 3.55. The van der Waals surface area contributed by atoms with Gasteiger partial charge in [-0.3, -0.25) is 9.69 Å². The maximum atomic E-state index is 12.8. The first-order chi connectivity index (χ1) is 12.0. The second-order valence-corrected chi connectivity index (χ2v) is 6.49. The molecule has 1 amide bonds. The van der Waals surface area contributed by atoms with E-state index in [1.165, 1.54) is 0 Å². The van der Waals surface area contributed by atoms with E-state index in [-0.39, 0.29) is 5.91 Å². The molecule has 4 nitrogen and oxygen atoms in total.